The maximum atomic E-state index is 13.0. The van der Waals surface area contributed by atoms with E-state index in [1.165, 1.54) is 30.5 Å². The highest BCUT2D eigenvalue weighted by atomic mass is 19.1. The van der Waals surface area contributed by atoms with Crippen LogP contribution in [0.5, 0.6) is 0 Å². The topological polar surface area (TPSA) is 88.0 Å². The van der Waals surface area contributed by atoms with E-state index in [-0.39, 0.29) is 16.9 Å². The molecule has 0 aliphatic heterocycles. The van der Waals surface area contributed by atoms with Gasteiger partial charge in [0.25, 0.3) is 11.5 Å². The Balaban J connectivity index is 2.30. The van der Waals surface area contributed by atoms with Crippen LogP contribution in [-0.4, -0.2) is 10.9 Å². The largest absolute Gasteiger partial charge is 0.397 e. The summed E-state index contributed by atoms with van der Waals surface area (Å²) in [6.45, 7) is 0. The van der Waals surface area contributed by atoms with Crippen molar-refractivity contribution >= 4 is 17.3 Å². The van der Waals surface area contributed by atoms with Gasteiger partial charge in [-0.15, -0.1) is 0 Å². The molecule has 0 atom stereocenters. The number of anilines is 2. The van der Waals surface area contributed by atoms with Gasteiger partial charge in [0, 0.05) is 6.20 Å². The molecule has 1 aromatic carbocycles. The van der Waals surface area contributed by atoms with Crippen LogP contribution in [0.15, 0.2) is 41.3 Å². The quantitative estimate of drug-likeness (QED) is 0.700. The van der Waals surface area contributed by atoms with Gasteiger partial charge in [-0.25, -0.2) is 4.39 Å². The van der Waals surface area contributed by atoms with E-state index in [1.807, 2.05) is 0 Å². The number of rotatable bonds is 2. The summed E-state index contributed by atoms with van der Waals surface area (Å²) in [4.78, 5) is 25.5. The number of aromatic amines is 1. The molecule has 4 N–H and O–H groups in total. The molecule has 0 aliphatic rings. The fraction of sp³-hybridized carbons (Fsp3) is 0. The van der Waals surface area contributed by atoms with Crippen molar-refractivity contribution in [2.24, 2.45) is 0 Å². The summed E-state index contributed by atoms with van der Waals surface area (Å²) in [5, 5.41) is 2.38. The minimum Gasteiger partial charge on any atom is -0.397 e. The predicted octanol–water partition coefficient (Wildman–Crippen LogP) is 1.35. The second-order valence-electron chi connectivity index (χ2n) is 3.60. The van der Waals surface area contributed by atoms with Crippen molar-refractivity contribution in [1.82, 2.24) is 4.98 Å². The molecule has 0 saturated heterocycles. The Kier molecular flexibility index (Phi) is 3.09. The highest BCUT2D eigenvalue weighted by molar-refractivity contribution is 6.05. The maximum Gasteiger partial charge on any atom is 0.261 e. The second-order valence-corrected chi connectivity index (χ2v) is 3.60. The van der Waals surface area contributed by atoms with E-state index in [2.05, 4.69) is 10.3 Å². The Morgan fingerprint density at radius 1 is 1.33 bits per heavy atom. The number of H-pyrrole nitrogens is 1. The Hall–Kier alpha value is -2.63. The number of carbonyl (C=O) groups excluding carboxylic acids is 1. The van der Waals surface area contributed by atoms with Crippen molar-refractivity contribution < 1.29 is 9.18 Å². The highest BCUT2D eigenvalue weighted by Gasteiger charge is 2.11. The number of halogens is 1. The van der Waals surface area contributed by atoms with E-state index < -0.39 is 17.3 Å². The zero-order valence-electron chi connectivity index (χ0n) is 9.24. The lowest BCUT2D eigenvalue weighted by molar-refractivity contribution is 0.102. The van der Waals surface area contributed by atoms with Gasteiger partial charge in [0.15, 0.2) is 0 Å². The molecule has 1 amide bonds. The van der Waals surface area contributed by atoms with Crippen molar-refractivity contribution in [2.75, 3.05) is 11.1 Å². The average molecular weight is 247 g/mol. The molecule has 1 aromatic heterocycles. The van der Waals surface area contributed by atoms with E-state index in [9.17, 15) is 14.0 Å². The molecule has 1 heterocycles. The van der Waals surface area contributed by atoms with E-state index >= 15 is 0 Å². The Morgan fingerprint density at radius 3 is 2.83 bits per heavy atom. The van der Waals surface area contributed by atoms with Gasteiger partial charge in [-0.05, 0) is 30.3 Å². The van der Waals surface area contributed by atoms with Gasteiger partial charge in [0.05, 0.1) is 11.4 Å². The van der Waals surface area contributed by atoms with Crippen LogP contribution in [0.1, 0.15) is 10.4 Å². The van der Waals surface area contributed by atoms with E-state index in [0.717, 1.165) is 6.07 Å². The van der Waals surface area contributed by atoms with Gasteiger partial charge < -0.3 is 16.0 Å². The number of hydrogen-bond acceptors (Lipinski definition) is 3. The van der Waals surface area contributed by atoms with Crippen molar-refractivity contribution in [2.45, 2.75) is 0 Å². The van der Waals surface area contributed by atoms with Crippen LogP contribution in [0, 0.1) is 5.82 Å². The van der Waals surface area contributed by atoms with Crippen molar-refractivity contribution in [3.05, 3.63) is 58.3 Å². The van der Waals surface area contributed by atoms with Crippen LogP contribution in [0.4, 0.5) is 15.8 Å². The Labute approximate surface area is 101 Å². The minimum absolute atomic E-state index is 0.0684. The third-order valence-electron chi connectivity index (χ3n) is 2.33. The zero-order chi connectivity index (χ0) is 13.1. The first-order valence-electron chi connectivity index (χ1n) is 5.12. The first-order chi connectivity index (χ1) is 8.58. The highest BCUT2D eigenvalue weighted by Crippen LogP contribution is 2.19. The van der Waals surface area contributed by atoms with Gasteiger partial charge in [-0.2, -0.15) is 0 Å². The number of nitrogen functional groups attached to an aromatic ring is 1. The van der Waals surface area contributed by atoms with Gasteiger partial charge in [-0.1, -0.05) is 0 Å². The smallest absolute Gasteiger partial charge is 0.261 e. The normalized spacial score (nSPS) is 10.1. The monoisotopic (exact) mass is 247 g/mol. The van der Waals surface area contributed by atoms with Crippen LogP contribution in [0.2, 0.25) is 0 Å². The number of carbonyl (C=O) groups is 1. The molecule has 0 radical (unpaired) electrons. The van der Waals surface area contributed by atoms with Gasteiger partial charge in [-0.3, -0.25) is 9.59 Å². The first-order valence-corrected chi connectivity index (χ1v) is 5.12. The second kappa shape index (κ2) is 4.70. The lowest BCUT2D eigenvalue weighted by Gasteiger charge is -2.07. The Bertz CT molecular complexity index is 652. The molecule has 2 rings (SSSR count). The summed E-state index contributed by atoms with van der Waals surface area (Å²) >= 11 is 0. The molecule has 0 bridgehead atoms. The maximum absolute atomic E-state index is 13.0. The van der Waals surface area contributed by atoms with E-state index in [1.54, 1.807) is 0 Å². The Morgan fingerprint density at radius 2 is 2.11 bits per heavy atom. The number of amides is 1. The molecule has 2 aromatic rings. The number of hydrogen-bond donors (Lipinski definition) is 3. The lowest BCUT2D eigenvalue weighted by atomic mass is 10.2. The summed E-state index contributed by atoms with van der Waals surface area (Å²) in [6.07, 6.45) is 1.41. The average Bonchev–Trinajstić information content (AvgIpc) is 2.34. The molecule has 18 heavy (non-hydrogen) atoms. The van der Waals surface area contributed by atoms with E-state index in [4.69, 9.17) is 5.73 Å². The van der Waals surface area contributed by atoms with E-state index in [0.29, 0.717) is 0 Å². The number of benzene rings is 1. The molecule has 92 valence electrons. The molecule has 6 heteroatoms. The molecule has 0 fully saturated rings. The van der Waals surface area contributed by atoms with Crippen LogP contribution in [0.3, 0.4) is 0 Å². The summed E-state index contributed by atoms with van der Waals surface area (Å²) in [6, 6.07) is 6.49. The van der Waals surface area contributed by atoms with Crippen LogP contribution < -0.4 is 16.6 Å². The molecule has 0 spiro atoms. The van der Waals surface area contributed by atoms with Crippen LogP contribution in [0.25, 0.3) is 0 Å². The standard InChI is InChI=1S/C12H10FN3O2/c13-7-3-4-9(14)10(6-7)16-12(18)8-2-1-5-15-11(8)17/h1-6H,14H2,(H,15,17)(H,16,18). The minimum atomic E-state index is -0.644. The summed E-state index contributed by atoms with van der Waals surface area (Å²) in [7, 11) is 0. The number of pyridine rings is 1. The predicted molar refractivity (Wildman–Crippen MR) is 65.8 cm³/mol. The van der Waals surface area contributed by atoms with Gasteiger partial charge in [0.2, 0.25) is 0 Å². The number of aromatic nitrogens is 1. The lowest BCUT2D eigenvalue weighted by Crippen LogP contribution is -2.22. The molecule has 0 saturated carbocycles. The third-order valence-corrected chi connectivity index (χ3v) is 2.33. The first kappa shape index (κ1) is 11.8. The number of nitrogens with one attached hydrogen (secondary N) is 2. The summed E-state index contributed by atoms with van der Waals surface area (Å²) in [5.41, 5.74) is 5.34. The van der Waals surface area contributed by atoms with Gasteiger partial charge >= 0.3 is 0 Å². The third kappa shape index (κ3) is 2.37. The van der Waals surface area contributed by atoms with Crippen molar-refractivity contribution in [1.29, 1.82) is 0 Å². The van der Waals surface area contributed by atoms with Crippen molar-refractivity contribution in [3.63, 3.8) is 0 Å². The molecule has 0 unspecified atom stereocenters. The molecular formula is C12H10FN3O2. The molecular weight excluding hydrogens is 237 g/mol. The van der Waals surface area contributed by atoms with Crippen molar-refractivity contribution in [3.8, 4) is 0 Å². The zero-order valence-corrected chi connectivity index (χ0v) is 9.24. The fourth-order valence-corrected chi connectivity index (χ4v) is 1.43. The fourth-order valence-electron chi connectivity index (χ4n) is 1.43. The van der Waals surface area contributed by atoms with Crippen LogP contribution in [-0.2, 0) is 0 Å². The summed E-state index contributed by atoms with van der Waals surface area (Å²) in [5.74, 6) is -1.17. The van der Waals surface area contributed by atoms with Crippen LogP contribution >= 0.6 is 0 Å². The molecule has 0 aliphatic carbocycles. The molecule has 5 nitrogen and oxygen atoms in total. The van der Waals surface area contributed by atoms with Gasteiger partial charge in [0.1, 0.15) is 11.4 Å². The summed E-state index contributed by atoms with van der Waals surface area (Å²) < 4.78 is 13.0. The number of nitrogens with two attached hydrogens (primary N) is 1. The SMILES string of the molecule is Nc1ccc(F)cc1NC(=O)c1ccc[nH]c1=O.